The molecule has 0 unspecified atom stereocenters. The van der Waals surface area contributed by atoms with Gasteiger partial charge in [0, 0.05) is 30.8 Å². The molecule has 0 radical (unpaired) electrons. The Kier molecular flexibility index (Phi) is 14.3. The number of esters is 3. The van der Waals surface area contributed by atoms with E-state index in [2.05, 4.69) is 33.8 Å². The highest BCUT2D eigenvalue weighted by molar-refractivity contribution is 5.90. The van der Waals surface area contributed by atoms with Crippen molar-refractivity contribution in [3.05, 3.63) is 94.6 Å². The van der Waals surface area contributed by atoms with Gasteiger partial charge in [0.1, 0.15) is 19.0 Å². The maximum absolute atomic E-state index is 14.3. The van der Waals surface area contributed by atoms with Gasteiger partial charge in [-0.25, -0.2) is 4.79 Å². The lowest BCUT2D eigenvalue weighted by molar-refractivity contribution is -0.292. The molecular weight excluding hydrogens is 749 g/mol. The van der Waals surface area contributed by atoms with E-state index in [1.165, 1.54) is 13.8 Å². The molecule has 1 N–H and O–H groups in total. The van der Waals surface area contributed by atoms with Crippen molar-refractivity contribution < 1.29 is 47.9 Å². The Morgan fingerprint density at radius 2 is 1.42 bits per heavy atom. The van der Waals surface area contributed by atoms with Crippen LogP contribution in [0, 0.1) is 39.9 Å². The zero-order chi connectivity index (χ0) is 42.5. The van der Waals surface area contributed by atoms with Crippen molar-refractivity contribution in [2.75, 3.05) is 13.6 Å². The molecule has 0 saturated heterocycles. The third-order valence-electron chi connectivity index (χ3n) is 14.8. The van der Waals surface area contributed by atoms with Crippen molar-refractivity contribution in [2.45, 2.75) is 138 Å². The SMILES string of the molecule is CC(=O)O[C@@H]1[C@H]2[C@H](C)[C@H](OCOCc3ccccc3)CC[C@]2(C)[C@@H]2CC[C@H]3C(=C(CCC=C(C)C)C(=O)OCOCc4ccccc4)[C@@H](OC(C)=O)C[C@]3(C)[C@@]2(C)[C@H]1O. The number of fused-ring (bicyclic) bond motifs is 5. The molecule has 59 heavy (non-hydrogen) atoms. The predicted octanol–water partition coefficient (Wildman–Crippen LogP) is 9.04. The van der Waals surface area contributed by atoms with Crippen molar-refractivity contribution in [3.8, 4) is 0 Å². The second kappa shape index (κ2) is 18.8. The highest BCUT2D eigenvalue weighted by Crippen LogP contribution is 2.75. The van der Waals surface area contributed by atoms with Crippen LogP contribution in [0.1, 0.15) is 111 Å². The molecule has 4 aliphatic rings. The van der Waals surface area contributed by atoms with Gasteiger partial charge in [-0.05, 0) is 104 Å². The normalized spacial score (nSPS) is 34.4. The molecular formula is C49H66O10. The number of ether oxygens (including phenoxy) is 6. The molecule has 4 aliphatic carbocycles. The molecule has 2 aromatic carbocycles. The minimum atomic E-state index is -1.04. The molecule has 0 bridgehead atoms. The number of hydrogen-bond acceptors (Lipinski definition) is 10. The standard InChI is InChI=1S/C49H66O10/c1-31(2)16-15-21-37(46(53)57-30-55-28-36-19-13-10-14-20-36)42-38-22-23-41-47(6)25-24-39(56-29-54-27-35-17-11-9-12-18-35)32(3)43(47)44(59-34(5)51)45(52)49(41,8)48(38,7)26-40(42)58-33(4)50/h9-14,16-20,32,38-41,43-45,52H,15,21-30H2,1-8H3/t32-,38+,39-,40+,41+,43-,44-,45+,47-,48+,49-/m1/s1. The maximum Gasteiger partial charge on any atom is 0.336 e. The number of rotatable bonds is 15. The van der Waals surface area contributed by atoms with E-state index in [1.807, 2.05) is 74.5 Å². The van der Waals surface area contributed by atoms with Gasteiger partial charge < -0.3 is 33.5 Å². The molecule has 10 nitrogen and oxygen atoms in total. The van der Waals surface area contributed by atoms with Gasteiger partial charge >= 0.3 is 17.9 Å². The van der Waals surface area contributed by atoms with E-state index in [9.17, 15) is 19.5 Å². The van der Waals surface area contributed by atoms with E-state index in [1.54, 1.807) is 0 Å². The average molecular weight is 815 g/mol. The fourth-order valence-corrected chi connectivity index (χ4v) is 12.1. The van der Waals surface area contributed by atoms with Crippen molar-refractivity contribution in [1.82, 2.24) is 0 Å². The Morgan fingerprint density at radius 1 is 0.814 bits per heavy atom. The molecule has 322 valence electrons. The molecule has 4 saturated carbocycles. The largest absolute Gasteiger partial charge is 0.459 e. The van der Waals surface area contributed by atoms with Gasteiger partial charge in [-0.1, -0.05) is 100 Å². The van der Waals surface area contributed by atoms with Gasteiger partial charge in [0.05, 0.1) is 25.4 Å². The molecule has 0 aromatic heterocycles. The Balaban J connectivity index is 1.32. The molecule has 4 fully saturated rings. The Bertz CT molecular complexity index is 1840. The van der Waals surface area contributed by atoms with Crippen LogP contribution in [0.3, 0.4) is 0 Å². The molecule has 11 atom stereocenters. The summed E-state index contributed by atoms with van der Waals surface area (Å²) in [5.41, 5.74) is 2.69. The fourth-order valence-electron chi connectivity index (χ4n) is 12.1. The van der Waals surface area contributed by atoms with E-state index in [0.29, 0.717) is 38.0 Å². The number of carbonyl (C=O) groups is 3. The summed E-state index contributed by atoms with van der Waals surface area (Å²) < 4.78 is 36.4. The summed E-state index contributed by atoms with van der Waals surface area (Å²) in [5, 5.41) is 12.9. The van der Waals surface area contributed by atoms with Crippen LogP contribution in [0.4, 0.5) is 0 Å². The first kappa shape index (κ1) is 44.7. The molecule has 2 aromatic rings. The number of aliphatic hydroxyl groups is 1. The first-order chi connectivity index (χ1) is 28.1. The summed E-state index contributed by atoms with van der Waals surface area (Å²) in [7, 11) is 0. The number of hydrogen-bond donors (Lipinski definition) is 1. The van der Waals surface area contributed by atoms with Crippen molar-refractivity contribution in [2.24, 2.45) is 39.9 Å². The summed E-state index contributed by atoms with van der Waals surface area (Å²) in [6.45, 7) is 16.3. The number of benzene rings is 2. The molecule has 0 aliphatic heterocycles. The van der Waals surface area contributed by atoms with Gasteiger partial charge in [-0.15, -0.1) is 0 Å². The number of carbonyl (C=O) groups excluding carboxylic acids is 3. The molecule has 0 heterocycles. The Morgan fingerprint density at radius 3 is 2.02 bits per heavy atom. The molecule has 0 spiro atoms. The summed E-state index contributed by atoms with van der Waals surface area (Å²) in [5.74, 6) is -1.77. The zero-order valence-corrected chi connectivity index (χ0v) is 36.4. The maximum atomic E-state index is 14.3. The van der Waals surface area contributed by atoms with Gasteiger partial charge in [0.15, 0.2) is 6.79 Å². The summed E-state index contributed by atoms with van der Waals surface area (Å²) in [6.07, 6.45) is 3.96. The van der Waals surface area contributed by atoms with Crippen LogP contribution in [0.5, 0.6) is 0 Å². The first-order valence-corrected chi connectivity index (χ1v) is 21.5. The highest BCUT2D eigenvalue weighted by atomic mass is 16.7. The number of aliphatic hydroxyl groups excluding tert-OH is 1. The van der Waals surface area contributed by atoms with E-state index in [0.717, 1.165) is 48.0 Å². The lowest BCUT2D eigenvalue weighted by Crippen LogP contribution is -2.72. The minimum absolute atomic E-state index is 0.0329. The highest BCUT2D eigenvalue weighted by Gasteiger charge is 2.74. The second-order valence-electron chi connectivity index (χ2n) is 18.4. The fraction of sp³-hybridized carbons (Fsp3) is 0.612. The zero-order valence-electron chi connectivity index (χ0n) is 36.4. The van der Waals surface area contributed by atoms with Gasteiger partial charge in [0.25, 0.3) is 0 Å². The quantitative estimate of drug-likeness (QED) is 0.0465. The predicted molar refractivity (Wildman–Crippen MR) is 223 cm³/mol. The third kappa shape index (κ3) is 9.12. The monoisotopic (exact) mass is 814 g/mol. The van der Waals surface area contributed by atoms with Crippen LogP contribution in [0.25, 0.3) is 0 Å². The Hall–Kier alpha value is -3.83. The van der Waals surface area contributed by atoms with E-state index in [-0.39, 0.29) is 48.8 Å². The van der Waals surface area contributed by atoms with Crippen LogP contribution in [-0.2, 0) is 56.0 Å². The lowest BCUT2D eigenvalue weighted by atomic mass is 9.35. The van der Waals surface area contributed by atoms with Gasteiger partial charge in [-0.3, -0.25) is 9.59 Å². The topological polar surface area (TPSA) is 127 Å². The number of allylic oxidation sites excluding steroid dienone is 2. The average Bonchev–Trinajstić information content (AvgIpc) is 3.48. The smallest absolute Gasteiger partial charge is 0.336 e. The summed E-state index contributed by atoms with van der Waals surface area (Å²) >= 11 is 0. The molecule has 6 rings (SSSR count). The molecule has 0 amide bonds. The van der Waals surface area contributed by atoms with Crippen LogP contribution < -0.4 is 0 Å². The van der Waals surface area contributed by atoms with Crippen LogP contribution in [0.2, 0.25) is 0 Å². The summed E-state index contributed by atoms with van der Waals surface area (Å²) in [6, 6.07) is 19.7. The van der Waals surface area contributed by atoms with Crippen molar-refractivity contribution >= 4 is 17.9 Å². The van der Waals surface area contributed by atoms with Crippen LogP contribution in [0.15, 0.2) is 83.5 Å². The van der Waals surface area contributed by atoms with Crippen molar-refractivity contribution in [1.29, 1.82) is 0 Å². The van der Waals surface area contributed by atoms with E-state index < -0.39 is 47.0 Å². The van der Waals surface area contributed by atoms with Crippen LogP contribution >= 0.6 is 0 Å². The van der Waals surface area contributed by atoms with Gasteiger partial charge in [0.2, 0.25) is 0 Å². The van der Waals surface area contributed by atoms with Gasteiger partial charge in [-0.2, -0.15) is 0 Å². The lowest BCUT2D eigenvalue weighted by Gasteiger charge is -2.70. The van der Waals surface area contributed by atoms with E-state index >= 15 is 0 Å². The Labute approximate surface area is 351 Å². The third-order valence-corrected chi connectivity index (χ3v) is 14.8. The second-order valence-corrected chi connectivity index (χ2v) is 18.4. The first-order valence-electron chi connectivity index (χ1n) is 21.5. The molecule has 10 heteroatoms. The van der Waals surface area contributed by atoms with Crippen LogP contribution in [-0.4, -0.2) is 61.0 Å². The summed E-state index contributed by atoms with van der Waals surface area (Å²) in [4.78, 5) is 40.1. The minimum Gasteiger partial charge on any atom is -0.459 e. The van der Waals surface area contributed by atoms with Crippen molar-refractivity contribution in [3.63, 3.8) is 0 Å². The van der Waals surface area contributed by atoms with E-state index in [4.69, 9.17) is 28.4 Å².